The van der Waals surface area contributed by atoms with Gasteiger partial charge in [-0.25, -0.2) is 13.6 Å². The van der Waals surface area contributed by atoms with E-state index in [1.807, 2.05) is 0 Å². The minimum atomic E-state index is -3.69. The maximum Gasteiger partial charge on any atom is 0.311 e. The predicted molar refractivity (Wildman–Crippen MR) is 76.9 cm³/mol. The Morgan fingerprint density at radius 2 is 2.10 bits per heavy atom. The number of esters is 1. The summed E-state index contributed by atoms with van der Waals surface area (Å²) in [4.78, 5) is 12.5. The van der Waals surface area contributed by atoms with Crippen molar-refractivity contribution in [3.8, 4) is 0 Å². The first-order valence-electron chi connectivity index (χ1n) is 6.67. The minimum Gasteiger partial charge on any atom is -0.462 e. The molecule has 0 bridgehead atoms. The second-order valence-electron chi connectivity index (χ2n) is 5.23. The molecule has 2 atom stereocenters. The quantitative estimate of drug-likeness (QED) is 0.861. The van der Waals surface area contributed by atoms with E-state index in [0.29, 0.717) is 10.8 Å². The average Bonchev–Trinajstić information content (AvgIpc) is 2.80. The van der Waals surface area contributed by atoms with E-state index in [1.165, 1.54) is 12.5 Å². The van der Waals surface area contributed by atoms with Crippen molar-refractivity contribution in [3.63, 3.8) is 0 Å². The number of sulfonamides is 1. The molecule has 1 aromatic heterocycles. The van der Waals surface area contributed by atoms with Crippen LogP contribution in [0, 0.1) is 5.92 Å². The van der Waals surface area contributed by atoms with Crippen LogP contribution >= 0.6 is 11.3 Å². The predicted octanol–water partition coefficient (Wildman–Crippen LogP) is 2.06. The van der Waals surface area contributed by atoms with Crippen LogP contribution in [0.3, 0.4) is 0 Å². The molecule has 1 saturated carbocycles. The van der Waals surface area contributed by atoms with Gasteiger partial charge in [0.25, 0.3) is 0 Å². The summed E-state index contributed by atoms with van der Waals surface area (Å²) in [5.41, 5.74) is 0. The summed E-state index contributed by atoms with van der Waals surface area (Å²) in [7, 11) is -3.69. The lowest BCUT2D eigenvalue weighted by atomic mass is 9.88. The molecule has 1 aliphatic carbocycles. The molecule has 2 N–H and O–H groups in total. The van der Waals surface area contributed by atoms with Crippen molar-refractivity contribution in [1.29, 1.82) is 0 Å². The normalized spacial score (nSPS) is 23.5. The van der Waals surface area contributed by atoms with E-state index >= 15 is 0 Å². The maximum absolute atomic E-state index is 11.9. The van der Waals surface area contributed by atoms with Crippen molar-refractivity contribution in [2.45, 2.75) is 49.3 Å². The molecule has 2 rings (SSSR count). The second-order valence-corrected chi connectivity index (χ2v) is 8.19. The number of hydrogen-bond acceptors (Lipinski definition) is 5. The molecule has 112 valence electrons. The Morgan fingerprint density at radius 1 is 1.40 bits per heavy atom. The number of nitrogens with two attached hydrogens (primary N) is 1. The molecule has 5 nitrogen and oxygen atoms in total. The van der Waals surface area contributed by atoms with E-state index < -0.39 is 10.0 Å². The molecule has 20 heavy (non-hydrogen) atoms. The molecule has 1 aromatic rings. The first-order valence-corrected chi connectivity index (χ1v) is 9.03. The Balaban J connectivity index is 1.93. The third-order valence-electron chi connectivity index (χ3n) is 3.55. The van der Waals surface area contributed by atoms with Gasteiger partial charge in [-0.15, -0.1) is 11.3 Å². The van der Waals surface area contributed by atoms with Crippen LogP contribution in [0.25, 0.3) is 0 Å². The number of thiophene rings is 1. The third kappa shape index (κ3) is 4.04. The number of primary sulfonamides is 1. The third-order valence-corrected chi connectivity index (χ3v) is 6.08. The van der Waals surface area contributed by atoms with Gasteiger partial charge in [-0.1, -0.05) is 13.3 Å². The monoisotopic (exact) mass is 317 g/mol. The molecule has 1 heterocycles. The molecule has 0 aliphatic heterocycles. The summed E-state index contributed by atoms with van der Waals surface area (Å²) < 4.78 is 27.9. The van der Waals surface area contributed by atoms with Gasteiger partial charge in [-0.2, -0.15) is 0 Å². The first kappa shape index (κ1) is 15.5. The zero-order valence-corrected chi connectivity index (χ0v) is 13.0. The van der Waals surface area contributed by atoms with Crippen molar-refractivity contribution in [2.75, 3.05) is 0 Å². The number of carbonyl (C=O) groups is 1. The molecular formula is C13H19NO4S2. The van der Waals surface area contributed by atoms with E-state index in [2.05, 4.69) is 6.92 Å². The Kier molecular flexibility index (Phi) is 4.82. The average molecular weight is 317 g/mol. The van der Waals surface area contributed by atoms with Gasteiger partial charge >= 0.3 is 5.97 Å². The highest BCUT2D eigenvalue weighted by atomic mass is 32.2. The molecule has 1 aliphatic rings. The van der Waals surface area contributed by atoms with Crippen LogP contribution in [0.1, 0.15) is 37.5 Å². The fraction of sp³-hybridized carbons (Fsp3) is 0.615. The summed E-state index contributed by atoms with van der Waals surface area (Å²) in [6, 6.07) is 3.03. The van der Waals surface area contributed by atoms with Crippen LogP contribution in [0.5, 0.6) is 0 Å². The van der Waals surface area contributed by atoms with E-state index in [4.69, 9.17) is 9.88 Å². The maximum atomic E-state index is 11.9. The van der Waals surface area contributed by atoms with Crippen LogP contribution < -0.4 is 5.14 Å². The van der Waals surface area contributed by atoms with E-state index in [-0.39, 0.29) is 22.7 Å². The molecule has 1 fully saturated rings. The van der Waals surface area contributed by atoms with Gasteiger partial charge in [0.2, 0.25) is 10.0 Å². The topological polar surface area (TPSA) is 86.5 Å². The molecule has 2 unspecified atom stereocenters. The van der Waals surface area contributed by atoms with Crippen LogP contribution in [0.4, 0.5) is 0 Å². The molecule has 0 spiro atoms. The molecule has 0 radical (unpaired) electrons. The lowest BCUT2D eigenvalue weighted by molar-refractivity contribution is -0.152. The zero-order valence-electron chi connectivity index (χ0n) is 11.4. The molecule has 7 heteroatoms. The van der Waals surface area contributed by atoms with E-state index in [0.717, 1.165) is 30.6 Å². The Labute approximate surface area is 123 Å². The van der Waals surface area contributed by atoms with Crippen LogP contribution in [-0.2, 0) is 26.0 Å². The Hall–Kier alpha value is -0.920. The largest absolute Gasteiger partial charge is 0.462 e. The first-order chi connectivity index (χ1) is 9.36. The van der Waals surface area contributed by atoms with Gasteiger partial charge in [-0.05, 0) is 37.3 Å². The Bertz CT molecular complexity index is 579. The van der Waals surface area contributed by atoms with Crippen molar-refractivity contribution in [2.24, 2.45) is 11.1 Å². The highest BCUT2D eigenvalue weighted by molar-refractivity contribution is 7.91. The van der Waals surface area contributed by atoms with Gasteiger partial charge in [0, 0.05) is 4.88 Å². The second kappa shape index (κ2) is 6.24. The van der Waals surface area contributed by atoms with Crippen LogP contribution in [0.15, 0.2) is 16.3 Å². The summed E-state index contributed by atoms with van der Waals surface area (Å²) in [5, 5.41) is 5.03. The lowest BCUT2D eigenvalue weighted by Gasteiger charge is -2.28. The van der Waals surface area contributed by atoms with E-state index in [9.17, 15) is 13.2 Å². The number of ether oxygens (including phenoxy) is 1. The van der Waals surface area contributed by atoms with E-state index in [1.54, 1.807) is 6.07 Å². The molecule has 0 amide bonds. The van der Waals surface area contributed by atoms with Gasteiger partial charge in [0.05, 0.1) is 6.42 Å². The summed E-state index contributed by atoms with van der Waals surface area (Å²) in [5.74, 6) is 0.0996. The summed E-state index contributed by atoms with van der Waals surface area (Å²) in [6.07, 6.45) is 4.39. The SMILES string of the molecule is CC1CCCCC1OC(=O)Cc1ccc(S(N)(=O)=O)s1. The van der Waals surface area contributed by atoms with Gasteiger partial charge in [0.1, 0.15) is 10.3 Å². The number of carbonyl (C=O) groups excluding carboxylic acids is 1. The van der Waals surface area contributed by atoms with Gasteiger partial charge < -0.3 is 4.74 Å². The molecular weight excluding hydrogens is 298 g/mol. The minimum absolute atomic E-state index is 0.00563. The van der Waals surface area contributed by atoms with Crippen LogP contribution in [0.2, 0.25) is 0 Å². The van der Waals surface area contributed by atoms with Gasteiger partial charge in [-0.3, -0.25) is 4.79 Å². The highest BCUT2D eigenvalue weighted by Gasteiger charge is 2.25. The highest BCUT2D eigenvalue weighted by Crippen LogP contribution is 2.27. The van der Waals surface area contributed by atoms with Gasteiger partial charge in [0.15, 0.2) is 0 Å². The standard InChI is InChI=1S/C13H19NO4S2/c1-9-4-2-3-5-11(9)18-12(15)8-10-6-7-13(19-10)20(14,16)17/h6-7,9,11H,2-5,8H2,1H3,(H2,14,16,17). The van der Waals surface area contributed by atoms with Crippen molar-refractivity contribution >= 4 is 27.3 Å². The summed E-state index contributed by atoms with van der Waals surface area (Å²) >= 11 is 1.02. The Morgan fingerprint density at radius 3 is 2.70 bits per heavy atom. The molecule has 0 aromatic carbocycles. The number of rotatable bonds is 4. The summed E-state index contributed by atoms with van der Waals surface area (Å²) in [6.45, 7) is 2.10. The number of hydrogen-bond donors (Lipinski definition) is 1. The van der Waals surface area contributed by atoms with Crippen molar-refractivity contribution in [3.05, 3.63) is 17.0 Å². The van der Waals surface area contributed by atoms with Crippen molar-refractivity contribution < 1.29 is 17.9 Å². The molecule has 0 saturated heterocycles. The fourth-order valence-corrected chi connectivity index (χ4v) is 4.18. The van der Waals surface area contributed by atoms with Crippen LogP contribution in [-0.4, -0.2) is 20.5 Å². The fourth-order valence-electron chi connectivity index (χ4n) is 2.42. The lowest BCUT2D eigenvalue weighted by Crippen LogP contribution is -2.28. The van der Waals surface area contributed by atoms with Crippen molar-refractivity contribution in [1.82, 2.24) is 0 Å². The smallest absolute Gasteiger partial charge is 0.311 e. The zero-order chi connectivity index (χ0) is 14.8.